The lowest BCUT2D eigenvalue weighted by Gasteiger charge is -2.10. The van der Waals surface area contributed by atoms with Gasteiger partial charge in [0.25, 0.3) is 0 Å². The van der Waals surface area contributed by atoms with Gasteiger partial charge in [0.2, 0.25) is 5.82 Å². The van der Waals surface area contributed by atoms with Gasteiger partial charge in [0.1, 0.15) is 11.5 Å². The van der Waals surface area contributed by atoms with Gasteiger partial charge in [0.05, 0.1) is 20.8 Å². The topological polar surface area (TPSA) is 98.2 Å². The number of thiophene rings is 1. The summed E-state index contributed by atoms with van der Waals surface area (Å²) in [6, 6.07) is 10.4. The molecule has 1 aliphatic rings. The number of nitrogens with one attached hydrogen (secondary N) is 1. The summed E-state index contributed by atoms with van der Waals surface area (Å²) in [6.45, 7) is 3.85. The highest BCUT2D eigenvalue weighted by Crippen LogP contribution is 2.39. The van der Waals surface area contributed by atoms with E-state index in [-0.39, 0.29) is 29.7 Å². The van der Waals surface area contributed by atoms with Crippen LogP contribution in [0.5, 0.6) is 11.5 Å². The third-order valence-electron chi connectivity index (χ3n) is 6.16. The SMILES string of the molecule is CCCNCc1ccc(-c2cc3nccc(Oc4ccc(CC(=O)CC5CC5)c(F)c4F)c3s2)nc1.O=C=O. The van der Waals surface area contributed by atoms with Gasteiger partial charge in [-0.3, -0.25) is 14.8 Å². The quantitative estimate of drug-likeness (QED) is 0.220. The van der Waals surface area contributed by atoms with Crippen molar-refractivity contribution in [1.82, 2.24) is 15.3 Å². The molecule has 0 spiro atoms. The van der Waals surface area contributed by atoms with E-state index in [4.69, 9.17) is 14.3 Å². The van der Waals surface area contributed by atoms with E-state index in [1.807, 2.05) is 24.4 Å². The molecule has 4 aromatic rings. The average molecular weight is 552 g/mol. The summed E-state index contributed by atoms with van der Waals surface area (Å²) >= 11 is 1.43. The molecule has 0 atom stereocenters. The molecule has 0 radical (unpaired) electrons. The van der Waals surface area contributed by atoms with Crippen LogP contribution in [0.15, 0.2) is 48.8 Å². The van der Waals surface area contributed by atoms with E-state index in [9.17, 15) is 13.6 Å². The number of aromatic nitrogens is 2. The summed E-state index contributed by atoms with van der Waals surface area (Å²) in [5.74, 6) is -1.63. The van der Waals surface area contributed by atoms with E-state index in [2.05, 4.69) is 22.2 Å². The fourth-order valence-electron chi connectivity index (χ4n) is 4.04. The third kappa shape index (κ3) is 7.38. The van der Waals surface area contributed by atoms with E-state index in [0.29, 0.717) is 28.3 Å². The van der Waals surface area contributed by atoms with Crippen molar-refractivity contribution in [3.8, 4) is 22.1 Å². The number of hydrogen-bond acceptors (Lipinski definition) is 8. The average Bonchev–Trinajstić information content (AvgIpc) is 3.63. The third-order valence-corrected chi connectivity index (χ3v) is 7.32. The number of ether oxygens (including phenoxy) is 1. The minimum absolute atomic E-state index is 0.0585. The van der Waals surface area contributed by atoms with Gasteiger partial charge >= 0.3 is 6.15 Å². The van der Waals surface area contributed by atoms with Crippen molar-refractivity contribution >= 4 is 33.5 Å². The normalized spacial score (nSPS) is 12.5. The van der Waals surface area contributed by atoms with Crippen molar-refractivity contribution in [3.63, 3.8) is 0 Å². The number of carbonyl (C=O) groups is 1. The number of ketones is 1. The molecule has 5 rings (SSSR count). The van der Waals surface area contributed by atoms with Crippen LogP contribution in [-0.2, 0) is 27.3 Å². The van der Waals surface area contributed by atoms with Crippen LogP contribution in [0.1, 0.15) is 43.7 Å². The smallest absolute Gasteiger partial charge is 0.373 e. The van der Waals surface area contributed by atoms with Crippen molar-refractivity contribution in [1.29, 1.82) is 0 Å². The maximum Gasteiger partial charge on any atom is 0.373 e. The molecule has 7 nitrogen and oxygen atoms in total. The van der Waals surface area contributed by atoms with Gasteiger partial charge in [-0.25, -0.2) is 4.39 Å². The molecule has 39 heavy (non-hydrogen) atoms. The number of rotatable bonds is 11. The maximum absolute atomic E-state index is 14.9. The summed E-state index contributed by atoms with van der Waals surface area (Å²) in [5.41, 5.74) is 2.65. The first-order valence-electron chi connectivity index (χ1n) is 12.6. The fourth-order valence-corrected chi connectivity index (χ4v) is 5.08. The summed E-state index contributed by atoms with van der Waals surface area (Å²) in [7, 11) is 0. The molecule has 0 unspecified atom stereocenters. The molecule has 1 N–H and O–H groups in total. The van der Waals surface area contributed by atoms with Gasteiger partial charge in [-0.2, -0.15) is 14.0 Å². The molecule has 0 aliphatic heterocycles. The second kappa shape index (κ2) is 13.3. The Morgan fingerprint density at radius 3 is 2.59 bits per heavy atom. The van der Waals surface area contributed by atoms with Crippen LogP contribution in [0, 0.1) is 17.6 Å². The zero-order valence-electron chi connectivity index (χ0n) is 21.3. The lowest BCUT2D eigenvalue weighted by atomic mass is 10.0. The Bertz CT molecular complexity index is 1480. The summed E-state index contributed by atoms with van der Waals surface area (Å²) < 4.78 is 36.1. The number of Topliss-reactive ketones (excluding diaryl/α,β-unsaturated/α-hetero) is 1. The van der Waals surface area contributed by atoms with Crippen LogP contribution in [0.4, 0.5) is 8.78 Å². The van der Waals surface area contributed by atoms with Crippen molar-refractivity contribution in [2.45, 2.75) is 45.6 Å². The zero-order chi connectivity index (χ0) is 27.8. The molecule has 1 saturated carbocycles. The zero-order valence-corrected chi connectivity index (χ0v) is 22.2. The number of hydrogen-bond donors (Lipinski definition) is 1. The summed E-state index contributed by atoms with van der Waals surface area (Å²) in [6.07, 6.45) is 7.16. The molecule has 202 valence electrons. The molecule has 3 heterocycles. The number of carbonyl (C=O) groups excluding carboxylic acids is 3. The largest absolute Gasteiger partial charge is 0.453 e. The van der Waals surface area contributed by atoms with E-state index in [0.717, 1.165) is 48.5 Å². The molecule has 3 aromatic heterocycles. The Morgan fingerprint density at radius 2 is 1.90 bits per heavy atom. The molecule has 0 bridgehead atoms. The Balaban J connectivity index is 0.00000112. The highest BCUT2D eigenvalue weighted by atomic mass is 32.1. The van der Waals surface area contributed by atoms with Crippen molar-refractivity contribution < 1.29 is 27.9 Å². The summed E-state index contributed by atoms with van der Waals surface area (Å²) in [4.78, 5) is 38.2. The van der Waals surface area contributed by atoms with E-state index >= 15 is 0 Å². The standard InChI is InChI=1S/C28H27F2N3O2S.CO2/c1-2-10-31-15-18-5-7-21(33-16-18)25-14-22-28(36-25)24(9-11-32-22)35-23-8-6-19(26(29)27(23)30)13-20(34)12-17-3-4-17;2-1-3/h5-9,11,14,16-17,31H,2-4,10,12-13,15H2,1H3;. The van der Waals surface area contributed by atoms with Gasteiger partial charge in [0, 0.05) is 37.8 Å². The van der Waals surface area contributed by atoms with Crippen LogP contribution in [-0.4, -0.2) is 28.4 Å². The van der Waals surface area contributed by atoms with Crippen LogP contribution < -0.4 is 10.1 Å². The summed E-state index contributed by atoms with van der Waals surface area (Å²) in [5, 5.41) is 3.36. The van der Waals surface area contributed by atoms with Crippen LogP contribution in [0.2, 0.25) is 0 Å². The van der Waals surface area contributed by atoms with Crippen LogP contribution in [0.3, 0.4) is 0 Å². The first-order chi connectivity index (χ1) is 18.9. The predicted octanol–water partition coefficient (Wildman–Crippen LogP) is 6.26. The van der Waals surface area contributed by atoms with Crippen LogP contribution >= 0.6 is 11.3 Å². The minimum Gasteiger partial charge on any atom is -0.453 e. The fraction of sp³-hybridized carbons (Fsp3) is 0.310. The Hall–Kier alpha value is -3.85. The Morgan fingerprint density at radius 1 is 1.10 bits per heavy atom. The number of fused-ring (bicyclic) bond motifs is 1. The molecule has 1 aromatic carbocycles. The minimum atomic E-state index is -1.09. The van der Waals surface area contributed by atoms with Gasteiger partial charge < -0.3 is 10.1 Å². The monoisotopic (exact) mass is 551 g/mol. The number of pyridine rings is 2. The molecule has 1 fully saturated rings. The van der Waals surface area contributed by atoms with E-state index < -0.39 is 11.6 Å². The predicted molar refractivity (Wildman–Crippen MR) is 142 cm³/mol. The first kappa shape index (κ1) is 28.2. The van der Waals surface area contributed by atoms with Crippen molar-refractivity contribution in [2.24, 2.45) is 5.92 Å². The lowest BCUT2D eigenvalue weighted by molar-refractivity contribution is -0.191. The van der Waals surface area contributed by atoms with Gasteiger partial charge in [-0.1, -0.05) is 19.1 Å². The molecule has 10 heteroatoms. The highest BCUT2D eigenvalue weighted by Gasteiger charge is 2.25. The molecule has 1 aliphatic carbocycles. The Labute approximate surface area is 228 Å². The van der Waals surface area contributed by atoms with Gasteiger partial charge in [-0.05, 0) is 61.1 Å². The lowest BCUT2D eigenvalue weighted by Crippen LogP contribution is -2.13. The number of nitrogens with zero attached hydrogens (tertiary/aromatic N) is 2. The second-order valence-corrected chi connectivity index (χ2v) is 10.3. The number of benzene rings is 1. The van der Waals surface area contributed by atoms with Crippen LogP contribution in [0.25, 0.3) is 20.8 Å². The van der Waals surface area contributed by atoms with E-state index in [1.54, 1.807) is 12.3 Å². The van der Waals surface area contributed by atoms with Gasteiger partial charge in [0.15, 0.2) is 11.6 Å². The Kier molecular flexibility index (Phi) is 9.59. The molecular formula is C29H27F2N3O4S. The van der Waals surface area contributed by atoms with Crippen molar-refractivity contribution in [3.05, 3.63) is 71.6 Å². The molecule has 0 amide bonds. The maximum atomic E-state index is 14.9. The molecular weight excluding hydrogens is 524 g/mol. The molecule has 0 saturated heterocycles. The van der Waals surface area contributed by atoms with E-state index in [1.165, 1.54) is 23.5 Å². The van der Waals surface area contributed by atoms with Gasteiger partial charge in [-0.15, -0.1) is 11.3 Å². The second-order valence-electron chi connectivity index (χ2n) is 9.26. The van der Waals surface area contributed by atoms with Crippen molar-refractivity contribution in [2.75, 3.05) is 6.54 Å². The number of halogens is 2. The highest BCUT2D eigenvalue weighted by molar-refractivity contribution is 7.22. The first-order valence-corrected chi connectivity index (χ1v) is 13.4.